The van der Waals surface area contributed by atoms with Gasteiger partial charge in [0.05, 0.1) is 11.8 Å². The van der Waals surface area contributed by atoms with Gasteiger partial charge in [-0.05, 0) is 32.0 Å². The minimum Gasteiger partial charge on any atom is -0.381 e. The van der Waals surface area contributed by atoms with E-state index in [9.17, 15) is 8.42 Å². The van der Waals surface area contributed by atoms with Crippen molar-refractivity contribution in [2.45, 2.75) is 23.8 Å². The van der Waals surface area contributed by atoms with E-state index < -0.39 is 10.0 Å². The molecule has 1 fully saturated rings. The first-order valence-corrected chi connectivity index (χ1v) is 7.50. The predicted molar refractivity (Wildman–Crippen MR) is 70.2 cm³/mol. The monoisotopic (exact) mass is 270 g/mol. The highest BCUT2D eigenvalue weighted by molar-refractivity contribution is 7.89. The number of benzene rings is 1. The van der Waals surface area contributed by atoms with Gasteiger partial charge in [0.2, 0.25) is 10.0 Å². The summed E-state index contributed by atoms with van der Waals surface area (Å²) in [6.45, 7) is 1.43. The van der Waals surface area contributed by atoms with Crippen LogP contribution in [0.25, 0.3) is 0 Å². The Morgan fingerprint density at radius 3 is 2.83 bits per heavy atom. The zero-order valence-electron chi connectivity index (χ0n) is 10.3. The average molecular weight is 270 g/mol. The quantitative estimate of drug-likeness (QED) is 0.843. The van der Waals surface area contributed by atoms with Crippen molar-refractivity contribution < 1.29 is 13.2 Å². The number of sulfonamides is 1. The summed E-state index contributed by atoms with van der Waals surface area (Å²) >= 11 is 0. The van der Waals surface area contributed by atoms with Crippen molar-refractivity contribution in [1.82, 2.24) is 4.72 Å². The zero-order chi connectivity index (χ0) is 13.0. The van der Waals surface area contributed by atoms with Gasteiger partial charge in [-0.2, -0.15) is 0 Å². The lowest BCUT2D eigenvalue weighted by atomic mass is 10.2. The molecule has 2 rings (SSSR count). The molecular weight excluding hydrogens is 252 g/mol. The second-order valence-electron chi connectivity index (χ2n) is 4.22. The van der Waals surface area contributed by atoms with E-state index in [1.54, 1.807) is 18.2 Å². The van der Waals surface area contributed by atoms with Crippen LogP contribution in [0.15, 0.2) is 29.2 Å². The first-order valence-electron chi connectivity index (χ1n) is 6.01. The largest absolute Gasteiger partial charge is 0.381 e. The van der Waals surface area contributed by atoms with E-state index in [4.69, 9.17) is 4.74 Å². The maximum atomic E-state index is 11.8. The highest BCUT2D eigenvalue weighted by Crippen LogP contribution is 2.21. The van der Waals surface area contributed by atoms with Gasteiger partial charge in [-0.3, -0.25) is 0 Å². The molecule has 0 aromatic heterocycles. The van der Waals surface area contributed by atoms with Crippen LogP contribution in [0.2, 0.25) is 0 Å². The molecule has 6 heteroatoms. The van der Waals surface area contributed by atoms with Crippen LogP contribution >= 0.6 is 0 Å². The number of rotatable bonds is 5. The molecule has 0 bridgehead atoms. The maximum Gasteiger partial charge on any atom is 0.242 e. The Morgan fingerprint density at radius 1 is 1.39 bits per heavy atom. The molecule has 1 aromatic rings. The number of anilines is 1. The Bertz CT molecular complexity index is 496. The van der Waals surface area contributed by atoms with Crippen LogP contribution in [0.3, 0.4) is 0 Å². The molecule has 0 radical (unpaired) electrons. The second kappa shape index (κ2) is 5.69. The molecule has 1 heterocycles. The third-order valence-corrected chi connectivity index (χ3v) is 4.46. The molecular formula is C12H18N2O3S. The highest BCUT2D eigenvalue weighted by atomic mass is 32.2. The van der Waals surface area contributed by atoms with Crippen LogP contribution in [-0.4, -0.2) is 34.7 Å². The summed E-state index contributed by atoms with van der Waals surface area (Å²) in [4.78, 5) is 0.269. The number of hydrogen-bond donors (Lipinski definition) is 2. The van der Waals surface area contributed by atoms with Crippen molar-refractivity contribution in [3.63, 3.8) is 0 Å². The van der Waals surface area contributed by atoms with Gasteiger partial charge in [0, 0.05) is 13.2 Å². The molecule has 100 valence electrons. The minimum atomic E-state index is -3.43. The smallest absolute Gasteiger partial charge is 0.242 e. The van der Waals surface area contributed by atoms with Crippen molar-refractivity contribution in [1.29, 1.82) is 0 Å². The van der Waals surface area contributed by atoms with E-state index in [1.165, 1.54) is 7.05 Å². The molecule has 18 heavy (non-hydrogen) atoms. The Kier molecular flexibility index (Phi) is 4.21. The second-order valence-corrected chi connectivity index (χ2v) is 6.07. The standard InChI is InChI=1S/C12H18N2O3S/c1-13-18(15,16)12-7-3-2-6-11(12)14-9-10-5-4-8-17-10/h2-3,6-7,10,13-14H,4-5,8-9H2,1H3. The third kappa shape index (κ3) is 3.01. The van der Waals surface area contributed by atoms with Crippen LogP contribution in [0.1, 0.15) is 12.8 Å². The molecule has 0 aliphatic carbocycles. The van der Waals surface area contributed by atoms with Crippen molar-refractivity contribution in [3.05, 3.63) is 24.3 Å². The van der Waals surface area contributed by atoms with E-state index >= 15 is 0 Å². The van der Waals surface area contributed by atoms with E-state index in [0.29, 0.717) is 12.2 Å². The van der Waals surface area contributed by atoms with Crippen LogP contribution < -0.4 is 10.0 Å². The van der Waals surface area contributed by atoms with Crippen molar-refractivity contribution >= 4 is 15.7 Å². The van der Waals surface area contributed by atoms with Gasteiger partial charge in [0.25, 0.3) is 0 Å². The van der Waals surface area contributed by atoms with Gasteiger partial charge in [0.15, 0.2) is 0 Å². The molecule has 2 N–H and O–H groups in total. The molecule has 5 nitrogen and oxygen atoms in total. The summed E-state index contributed by atoms with van der Waals surface area (Å²) in [6, 6.07) is 6.87. The summed E-state index contributed by atoms with van der Waals surface area (Å²) in [7, 11) is -2.02. The summed E-state index contributed by atoms with van der Waals surface area (Å²) in [5, 5.41) is 3.15. The summed E-state index contributed by atoms with van der Waals surface area (Å²) in [5.74, 6) is 0. The molecule has 0 spiro atoms. The van der Waals surface area contributed by atoms with Crippen molar-refractivity contribution in [2.75, 3.05) is 25.5 Å². The minimum absolute atomic E-state index is 0.176. The molecule has 0 saturated carbocycles. The van der Waals surface area contributed by atoms with Crippen molar-refractivity contribution in [3.8, 4) is 0 Å². The fourth-order valence-electron chi connectivity index (χ4n) is 1.99. The molecule has 1 aliphatic rings. The van der Waals surface area contributed by atoms with E-state index in [1.807, 2.05) is 6.07 Å². The van der Waals surface area contributed by atoms with E-state index in [0.717, 1.165) is 19.4 Å². The fourth-order valence-corrected chi connectivity index (χ4v) is 2.89. The Labute approximate surface area is 108 Å². The van der Waals surface area contributed by atoms with Crippen LogP contribution in [0, 0.1) is 0 Å². The summed E-state index contributed by atoms with van der Waals surface area (Å²) in [6.07, 6.45) is 2.27. The topological polar surface area (TPSA) is 67.4 Å². The van der Waals surface area contributed by atoms with Crippen LogP contribution in [-0.2, 0) is 14.8 Å². The number of hydrogen-bond acceptors (Lipinski definition) is 4. The van der Waals surface area contributed by atoms with E-state index in [-0.39, 0.29) is 11.0 Å². The van der Waals surface area contributed by atoms with Gasteiger partial charge in [-0.25, -0.2) is 13.1 Å². The number of nitrogens with one attached hydrogen (secondary N) is 2. The molecule has 1 atom stereocenters. The summed E-state index contributed by atoms with van der Waals surface area (Å²) in [5.41, 5.74) is 0.613. The highest BCUT2D eigenvalue weighted by Gasteiger charge is 2.18. The molecule has 1 unspecified atom stereocenters. The van der Waals surface area contributed by atoms with E-state index in [2.05, 4.69) is 10.0 Å². The van der Waals surface area contributed by atoms with Gasteiger partial charge in [0.1, 0.15) is 4.90 Å². The molecule has 1 aliphatic heterocycles. The van der Waals surface area contributed by atoms with Gasteiger partial charge >= 0.3 is 0 Å². The molecule has 0 amide bonds. The lowest BCUT2D eigenvalue weighted by Gasteiger charge is -2.15. The molecule has 1 saturated heterocycles. The Morgan fingerprint density at radius 2 is 2.17 bits per heavy atom. The number of ether oxygens (including phenoxy) is 1. The fraction of sp³-hybridized carbons (Fsp3) is 0.500. The first kappa shape index (κ1) is 13.3. The van der Waals surface area contributed by atoms with Gasteiger partial charge < -0.3 is 10.1 Å². The predicted octanol–water partition coefficient (Wildman–Crippen LogP) is 1.19. The normalized spacial score (nSPS) is 19.9. The number of para-hydroxylation sites is 1. The maximum absolute atomic E-state index is 11.8. The SMILES string of the molecule is CNS(=O)(=O)c1ccccc1NCC1CCCO1. The van der Waals surface area contributed by atoms with Crippen molar-refractivity contribution in [2.24, 2.45) is 0 Å². The van der Waals surface area contributed by atoms with Gasteiger partial charge in [-0.1, -0.05) is 12.1 Å². The lowest BCUT2D eigenvalue weighted by molar-refractivity contribution is 0.120. The van der Waals surface area contributed by atoms with Crippen LogP contribution in [0.4, 0.5) is 5.69 Å². The molecule has 1 aromatic carbocycles. The lowest BCUT2D eigenvalue weighted by Crippen LogP contribution is -2.23. The summed E-state index contributed by atoms with van der Waals surface area (Å²) < 4.78 is 31.5. The average Bonchev–Trinajstić information content (AvgIpc) is 2.90. The Hall–Kier alpha value is -1.11. The van der Waals surface area contributed by atoms with Crippen LogP contribution in [0.5, 0.6) is 0 Å². The Balaban J connectivity index is 2.12. The van der Waals surface area contributed by atoms with Gasteiger partial charge in [-0.15, -0.1) is 0 Å². The third-order valence-electron chi connectivity index (χ3n) is 2.99. The first-order chi connectivity index (χ1) is 8.63. The zero-order valence-corrected chi connectivity index (χ0v) is 11.2.